The summed E-state index contributed by atoms with van der Waals surface area (Å²) in [5.74, 6) is 1.25. The number of thiazole rings is 1. The second-order valence-electron chi connectivity index (χ2n) is 8.06. The number of amides is 3. The lowest BCUT2D eigenvalue weighted by Crippen LogP contribution is -2.48. The Hall–Kier alpha value is -2.07. The average Bonchev–Trinajstić information content (AvgIpc) is 3.45. The smallest absolute Gasteiger partial charge is 0.315 e. The molecule has 0 aliphatic carbocycles. The molecule has 5 heterocycles. The highest BCUT2D eigenvalue weighted by Gasteiger charge is 2.42. The number of pyridine rings is 1. The van der Waals surface area contributed by atoms with Crippen molar-refractivity contribution in [2.45, 2.75) is 43.0 Å². The Kier molecular flexibility index (Phi) is 5.68. The van der Waals surface area contributed by atoms with Crippen LogP contribution in [0.15, 0.2) is 18.3 Å². The zero-order chi connectivity index (χ0) is 20.5. The highest BCUT2D eigenvalue weighted by Crippen LogP contribution is 2.33. The predicted octanol–water partition coefficient (Wildman–Crippen LogP) is 2.07. The quantitative estimate of drug-likeness (QED) is 0.522. The molecule has 3 fully saturated rings. The lowest BCUT2D eigenvalue weighted by Gasteiger charge is -2.34. The van der Waals surface area contributed by atoms with Crippen molar-refractivity contribution >= 4 is 50.5 Å². The van der Waals surface area contributed by atoms with Gasteiger partial charge in [0, 0.05) is 49.8 Å². The van der Waals surface area contributed by atoms with E-state index in [1.807, 2.05) is 28.8 Å². The summed E-state index contributed by atoms with van der Waals surface area (Å²) in [5, 5.41) is 7.48. The normalized spacial score (nSPS) is 26.0. The number of carbonyl (C=O) groups is 2. The average molecular weight is 447 g/mol. The van der Waals surface area contributed by atoms with Crippen LogP contribution in [0.1, 0.15) is 25.7 Å². The van der Waals surface area contributed by atoms with Crippen molar-refractivity contribution in [2.24, 2.45) is 0 Å². The van der Waals surface area contributed by atoms with Gasteiger partial charge in [-0.15, -0.1) is 0 Å². The number of anilines is 1. The number of hydrogen-bond donors (Lipinski definition) is 2. The second kappa shape index (κ2) is 8.58. The molecular formula is C20H26N6O2S2. The van der Waals surface area contributed by atoms with Crippen molar-refractivity contribution < 1.29 is 9.59 Å². The number of fused-ring (bicyclic) bond motifs is 2. The number of thioether (sulfide) groups is 1. The van der Waals surface area contributed by atoms with Crippen molar-refractivity contribution in [3.05, 3.63) is 18.3 Å². The van der Waals surface area contributed by atoms with Gasteiger partial charge in [-0.05, 0) is 25.0 Å². The molecule has 0 spiro atoms. The molecule has 3 atom stereocenters. The SMILES string of the molecule is O=C1N[C@H]2[C@H](CS[C@H]2CCCCC(=O)N2CCN(c3nc4cccnc4s3)CC2)N1. The van der Waals surface area contributed by atoms with Crippen LogP contribution in [0.5, 0.6) is 0 Å². The minimum atomic E-state index is -0.0354. The van der Waals surface area contributed by atoms with E-state index in [4.69, 9.17) is 0 Å². The molecule has 3 amide bonds. The number of piperazine rings is 1. The van der Waals surface area contributed by atoms with Gasteiger partial charge >= 0.3 is 6.03 Å². The number of aromatic nitrogens is 2. The minimum absolute atomic E-state index is 0.0354. The summed E-state index contributed by atoms with van der Waals surface area (Å²) in [4.78, 5) is 38.3. The molecule has 0 bridgehead atoms. The minimum Gasteiger partial charge on any atom is -0.344 e. The van der Waals surface area contributed by atoms with Gasteiger partial charge in [-0.1, -0.05) is 17.8 Å². The third-order valence-corrected chi connectivity index (χ3v) is 8.67. The van der Waals surface area contributed by atoms with Crippen LogP contribution in [0.2, 0.25) is 0 Å². The Morgan fingerprint density at radius 2 is 2.07 bits per heavy atom. The van der Waals surface area contributed by atoms with Gasteiger partial charge in [0.1, 0.15) is 10.3 Å². The molecule has 0 radical (unpaired) electrons. The molecule has 3 saturated heterocycles. The topological polar surface area (TPSA) is 90.5 Å². The Morgan fingerprint density at radius 1 is 1.20 bits per heavy atom. The molecule has 2 aromatic heterocycles. The maximum absolute atomic E-state index is 12.6. The van der Waals surface area contributed by atoms with Crippen molar-refractivity contribution in [1.29, 1.82) is 0 Å². The molecule has 5 rings (SSSR count). The van der Waals surface area contributed by atoms with Gasteiger partial charge in [0.15, 0.2) is 5.13 Å². The van der Waals surface area contributed by atoms with Gasteiger partial charge in [0.05, 0.1) is 12.1 Å². The van der Waals surface area contributed by atoms with Gasteiger partial charge in [-0.3, -0.25) is 4.79 Å². The molecule has 8 nitrogen and oxygen atoms in total. The van der Waals surface area contributed by atoms with Gasteiger partial charge in [-0.25, -0.2) is 14.8 Å². The summed E-state index contributed by atoms with van der Waals surface area (Å²) in [5.41, 5.74) is 0.940. The van der Waals surface area contributed by atoms with Crippen LogP contribution < -0.4 is 15.5 Å². The number of urea groups is 1. The maximum atomic E-state index is 12.6. The number of nitrogens with zero attached hydrogens (tertiary/aromatic N) is 4. The number of carbonyl (C=O) groups excluding carboxylic acids is 2. The second-order valence-corrected chi connectivity index (χ2v) is 10.3. The maximum Gasteiger partial charge on any atom is 0.315 e. The van der Waals surface area contributed by atoms with Crippen molar-refractivity contribution in [2.75, 3.05) is 36.8 Å². The molecular weight excluding hydrogens is 420 g/mol. The van der Waals surface area contributed by atoms with E-state index in [9.17, 15) is 9.59 Å². The highest BCUT2D eigenvalue weighted by molar-refractivity contribution is 8.00. The molecule has 3 aliphatic rings. The first kappa shape index (κ1) is 19.9. The lowest BCUT2D eigenvalue weighted by atomic mass is 10.0. The van der Waals surface area contributed by atoms with Crippen molar-refractivity contribution in [3.8, 4) is 0 Å². The molecule has 0 aromatic carbocycles. The van der Waals surface area contributed by atoms with Gasteiger partial charge in [0.2, 0.25) is 5.91 Å². The van der Waals surface area contributed by atoms with E-state index in [0.29, 0.717) is 11.7 Å². The monoisotopic (exact) mass is 446 g/mol. The highest BCUT2D eigenvalue weighted by atomic mass is 32.2. The first-order chi connectivity index (χ1) is 14.7. The molecule has 10 heteroatoms. The molecule has 2 N–H and O–H groups in total. The van der Waals surface area contributed by atoms with Crippen molar-refractivity contribution in [3.63, 3.8) is 0 Å². The van der Waals surface area contributed by atoms with Crippen LogP contribution in [0.25, 0.3) is 10.3 Å². The first-order valence-electron chi connectivity index (χ1n) is 10.6. The standard InChI is InChI=1S/C20H26N6O2S2/c27-16(6-2-1-5-15-17-14(12-29-15)22-19(28)24-17)25-8-10-26(11-9-25)20-23-13-4-3-7-21-18(13)30-20/h3-4,7,14-15,17H,1-2,5-6,8-12H2,(H2,22,24,28)/t14-,15-,17-/m0/s1. The zero-order valence-electron chi connectivity index (χ0n) is 16.7. The Balaban J connectivity index is 1.04. The van der Waals surface area contributed by atoms with Gasteiger partial charge in [-0.2, -0.15) is 11.8 Å². The fourth-order valence-corrected chi connectivity index (χ4v) is 6.97. The fourth-order valence-electron chi connectivity index (χ4n) is 4.46. The third kappa shape index (κ3) is 4.07. The predicted molar refractivity (Wildman–Crippen MR) is 120 cm³/mol. The summed E-state index contributed by atoms with van der Waals surface area (Å²) >= 11 is 3.55. The molecule has 2 aromatic rings. The third-order valence-electron chi connectivity index (χ3n) is 6.13. The van der Waals surface area contributed by atoms with Crippen LogP contribution in [-0.4, -0.2) is 76.1 Å². The van der Waals surface area contributed by atoms with Crippen LogP contribution in [-0.2, 0) is 4.79 Å². The zero-order valence-corrected chi connectivity index (χ0v) is 18.4. The molecule has 160 valence electrons. The molecule has 3 aliphatic heterocycles. The molecule has 0 unspecified atom stereocenters. The van der Waals surface area contributed by atoms with E-state index in [0.717, 1.165) is 66.7 Å². The van der Waals surface area contributed by atoms with E-state index < -0.39 is 0 Å². The van der Waals surface area contributed by atoms with E-state index in [1.165, 1.54) is 0 Å². The number of nitrogens with one attached hydrogen (secondary N) is 2. The number of hydrogen-bond acceptors (Lipinski definition) is 7. The van der Waals surface area contributed by atoms with E-state index >= 15 is 0 Å². The lowest BCUT2D eigenvalue weighted by molar-refractivity contribution is -0.131. The van der Waals surface area contributed by atoms with Crippen LogP contribution in [0.4, 0.5) is 9.93 Å². The fraction of sp³-hybridized carbons (Fsp3) is 0.600. The summed E-state index contributed by atoms with van der Waals surface area (Å²) in [6, 6.07) is 4.39. The summed E-state index contributed by atoms with van der Waals surface area (Å²) in [6.45, 7) is 3.14. The Bertz CT molecular complexity index is 896. The van der Waals surface area contributed by atoms with E-state index in [1.54, 1.807) is 17.5 Å². The summed E-state index contributed by atoms with van der Waals surface area (Å²) in [7, 11) is 0. The van der Waals surface area contributed by atoms with Crippen LogP contribution in [0.3, 0.4) is 0 Å². The Morgan fingerprint density at radius 3 is 2.90 bits per heavy atom. The number of rotatable bonds is 6. The number of unbranched alkanes of at least 4 members (excludes halogenated alkanes) is 1. The largest absolute Gasteiger partial charge is 0.344 e. The van der Waals surface area contributed by atoms with Crippen LogP contribution >= 0.6 is 23.1 Å². The van der Waals surface area contributed by atoms with Gasteiger partial charge in [0.25, 0.3) is 0 Å². The van der Waals surface area contributed by atoms with E-state index in [-0.39, 0.29) is 24.0 Å². The van der Waals surface area contributed by atoms with Gasteiger partial charge < -0.3 is 20.4 Å². The molecule has 30 heavy (non-hydrogen) atoms. The Labute approximate surface area is 183 Å². The van der Waals surface area contributed by atoms with E-state index in [2.05, 4.69) is 25.5 Å². The van der Waals surface area contributed by atoms with Crippen molar-refractivity contribution in [1.82, 2.24) is 25.5 Å². The first-order valence-corrected chi connectivity index (χ1v) is 12.5. The summed E-state index contributed by atoms with van der Waals surface area (Å²) in [6.07, 6.45) is 5.41. The summed E-state index contributed by atoms with van der Waals surface area (Å²) < 4.78 is 0. The molecule has 0 saturated carbocycles. The van der Waals surface area contributed by atoms with Crippen LogP contribution in [0, 0.1) is 0 Å².